The number of anilines is 2. The Hall–Kier alpha value is -3.75. The van der Waals surface area contributed by atoms with Gasteiger partial charge < -0.3 is 15.8 Å². The number of rotatable bonds is 7. The zero-order chi connectivity index (χ0) is 21.0. The van der Waals surface area contributed by atoms with Crippen molar-refractivity contribution in [2.24, 2.45) is 0 Å². The van der Waals surface area contributed by atoms with Crippen molar-refractivity contribution in [1.82, 2.24) is 15.3 Å². The summed E-state index contributed by atoms with van der Waals surface area (Å²) in [6.07, 6.45) is 1.62. The molecule has 3 aromatic rings. The smallest absolute Gasteiger partial charge is 0.231 e. The van der Waals surface area contributed by atoms with Crippen LogP contribution in [0.2, 0.25) is 0 Å². The molecule has 9 heteroatoms. The van der Waals surface area contributed by atoms with Crippen LogP contribution in [0.5, 0.6) is 5.75 Å². The second-order valence-corrected chi connectivity index (χ2v) is 6.78. The van der Waals surface area contributed by atoms with Gasteiger partial charge in [0.2, 0.25) is 11.6 Å². The first-order chi connectivity index (χ1) is 13.8. The molecule has 0 bridgehead atoms. The van der Waals surface area contributed by atoms with E-state index >= 15 is 0 Å². The quantitative estimate of drug-likeness (QED) is 0.399. The molecule has 1 amide bonds. The summed E-state index contributed by atoms with van der Waals surface area (Å²) >= 11 is 0. The molecule has 2 heterocycles. The summed E-state index contributed by atoms with van der Waals surface area (Å²) < 4.78 is 10.3. The first kappa shape index (κ1) is 20.0. The van der Waals surface area contributed by atoms with Crippen LogP contribution in [0, 0.1) is 6.92 Å². The predicted octanol–water partition coefficient (Wildman–Crippen LogP) is 0.920. The summed E-state index contributed by atoms with van der Waals surface area (Å²) in [5.41, 5.74) is 9.44. The molecule has 29 heavy (non-hydrogen) atoms. The van der Waals surface area contributed by atoms with Gasteiger partial charge in [-0.25, -0.2) is 9.61 Å². The summed E-state index contributed by atoms with van der Waals surface area (Å²) in [6, 6.07) is 8.76. The molecule has 0 saturated heterocycles. The number of hydrogen-bond acceptors (Lipinski definition) is 7. The zero-order valence-electron chi connectivity index (χ0n) is 16.5. The number of nitrogens with two attached hydrogens (primary N) is 2. The Morgan fingerprint density at radius 2 is 2.07 bits per heavy atom. The number of aromatic nitrogens is 3. The highest BCUT2D eigenvalue weighted by Crippen LogP contribution is 2.23. The van der Waals surface area contributed by atoms with E-state index in [0.717, 1.165) is 0 Å². The molecule has 0 radical (unpaired) electrons. The molecule has 0 saturated carbocycles. The van der Waals surface area contributed by atoms with Gasteiger partial charge in [-0.05, 0) is 51.1 Å². The molecule has 0 unspecified atom stereocenters. The van der Waals surface area contributed by atoms with Gasteiger partial charge in [-0.15, -0.1) is 0 Å². The normalized spacial score (nSPS) is 10.8. The Labute approximate surface area is 167 Å². The molecule has 0 fully saturated rings. The van der Waals surface area contributed by atoms with E-state index in [1.54, 1.807) is 43.5 Å². The van der Waals surface area contributed by atoms with E-state index in [2.05, 4.69) is 25.2 Å². The SMILES string of the molecule is Cc1nonc1CC(=O)Nc1cc(C(=[NH2+])c2cc(OC(C)C)ccc2N)ccn1. The van der Waals surface area contributed by atoms with E-state index in [4.69, 9.17) is 15.9 Å². The fraction of sp³-hybridized carbons (Fsp3) is 0.250. The lowest BCUT2D eigenvalue weighted by Gasteiger charge is -2.12. The summed E-state index contributed by atoms with van der Waals surface area (Å²) in [5.74, 6) is 0.739. The average Bonchev–Trinajstić information content (AvgIpc) is 3.07. The van der Waals surface area contributed by atoms with Gasteiger partial charge in [0.15, 0.2) is 0 Å². The predicted molar refractivity (Wildman–Crippen MR) is 107 cm³/mol. The maximum atomic E-state index is 12.2. The molecule has 3 rings (SSSR count). The van der Waals surface area contributed by atoms with Crippen LogP contribution >= 0.6 is 0 Å². The number of pyridine rings is 1. The second-order valence-electron chi connectivity index (χ2n) is 6.78. The van der Waals surface area contributed by atoms with E-state index in [1.165, 1.54) is 0 Å². The van der Waals surface area contributed by atoms with Gasteiger partial charge in [0, 0.05) is 11.9 Å². The molecule has 1 aromatic carbocycles. The minimum Gasteiger partial charge on any atom is -0.491 e. The molecular weight excluding hydrogens is 372 g/mol. The molecule has 150 valence electrons. The van der Waals surface area contributed by atoms with Gasteiger partial charge in [-0.1, -0.05) is 10.3 Å². The fourth-order valence-electron chi connectivity index (χ4n) is 2.69. The van der Waals surface area contributed by atoms with Crippen molar-refractivity contribution in [2.45, 2.75) is 33.3 Å². The Kier molecular flexibility index (Phi) is 5.87. The van der Waals surface area contributed by atoms with Crippen LogP contribution in [0.4, 0.5) is 11.5 Å². The number of amides is 1. The number of hydrogen-bond donors (Lipinski definition) is 3. The number of nitrogen functional groups attached to an aromatic ring is 1. The lowest BCUT2D eigenvalue weighted by atomic mass is 10.0. The van der Waals surface area contributed by atoms with Crippen molar-refractivity contribution in [3.05, 3.63) is 59.0 Å². The molecule has 0 aliphatic carbocycles. The topological polar surface area (TPSA) is 142 Å². The zero-order valence-corrected chi connectivity index (χ0v) is 16.5. The van der Waals surface area contributed by atoms with E-state index in [9.17, 15) is 4.79 Å². The van der Waals surface area contributed by atoms with Crippen molar-refractivity contribution in [3.8, 4) is 5.75 Å². The largest absolute Gasteiger partial charge is 0.491 e. The summed E-state index contributed by atoms with van der Waals surface area (Å²) in [6.45, 7) is 5.60. The number of nitrogens with zero attached hydrogens (tertiary/aromatic N) is 3. The molecule has 0 atom stereocenters. The lowest BCUT2D eigenvalue weighted by Crippen LogP contribution is -2.41. The van der Waals surface area contributed by atoms with Gasteiger partial charge in [0.05, 0.1) is 23.7 Å². The Bertz CT molecular complexity index is 1040. The van der Waals surface area contributed by atoms with E-state index in [0.29, 0.717) is 45.5 Å². The molecule has 9 nitrogen and oxygen atoms in total. The van der Waals surface area contributed by atoms with Gasteiger partial charge >= 0.3 is 0 Å². The van der Waals surface area contributed by atoms with E-state index in [-0.39, 0.29) is 18.4 Å². The Balaban J connectivity index is 1.77. The van der Waals surface area contributed by atoms with Gasteiger partial charge in [-0.2, -0.15) is 0 Å². The van der Waals surface area contributed by atoms with Crippen molar-refractivity contribution >= 4 is 23.1 Å². The average molecular weight is 395 g/mol. The van der Waals surface area contributed by atoms with Crippen molar-refractivity contribution in [2.75, 3.05) is 11.1 Å². The number of benzene rings is 1. The first-order valence-corrected chi connectivity index (χ1v) is 9.06. The number of aryl methyl sites for hydroxylation is 1. The minimum atomic E-state index is -0.293. The Morgan fingerprint density at radius 3 is 2.76 bits per heavy atom. The van der Waals surface area contributed by atoms with Crippen LogP contribution in [-0.2, 0) is 11.2 Å². The van der Waals surface area contributed by atoms with Crippen LogP contribution in [0.1, 0.15) is 36.4 Å². The molecule has 0 aliphatic heterocycles. The van der Waals surface area contributed by atoms with Gasteiger partial charge in [0.25, 0.3) is 0 Å². The highest BCUT2D eigenvalue weighted by Gasteiger charge is 2.17. The van der Waals surface area contributed by atoms with Crippen molar-refractivity contribution in [3.63, 3.8) is 0 Å². The first-order valence-electron chi connectivity index (χ1n) is 9.06. The Morgan fingerprint density at radius 1 is 1.28 bits per heavy atom. The maximum Gasteiger partial charge on any atom is 0.231 e. The standard InChI is InChI=1S/C20H22N6O3/c1-11(2)28-14-4-5-16(21)15(9-14)20(22)13-6-7-23-18(8-13)24-19(27)10-17-12(3)25-29-26-17/h4-9,11,22H,10,21H2,1-3H3,(H,23,24,27)/p+1. The van der Waals surface area contributed by atoms with E-state index < -0.39 is 0 Å². The summed E-state index contributed by atoms with van der Waals surface area (Å²) in [5, 5.41) is 16.4. The molecule has 5 N–H and O–H groups in total. The van der Waals surface area contributed by atoms with Crippen LogP contribution in [-0.4, -0.2) is 33.0 Å². The highest BCUT2D eigenvalue weighted by atomic mass is 16.6. The van der Waals surface area contributed by atoms with Crippen LogP contribution in [0.25, 0.3) is 0 Å². The third-order valence-corrected chi connectivity index (χ3v) is 4.10. The van der Waals surface area contributed by atoms with Crippen molar-refractivity contribution in [1.29, 1.82) is 0 Å². The van der Waals surface area contributed by atoms with Gasteiger partial charge in [-0.3, -0.25) is 10.2 Å². The van der Waals surface area contributed by atoms with Crippen molar-refractivity contribution < 1.29 is 19.6 Å². The lowest BCUT2D eigenvalue weighted by molar-refractivity contribution is -0.115. The number of carbonyl (C=O) groups excluding carboxylic acids is 1. The molecule has 2 aromatic heterocycles. The fourth-order valence-corrected chi connectivity index (χ4v) is 2.69. The van der Waals surface area contributed by atoms with E-state index in [1.807, 2.05) is 13.8 Å². The number of carbonyl (C=O) groups is 1. The monoisotopic (exact) mass is 395 g/mol. The van der Waals surface area contributed by atoms with Crippen LogP contribution in [0.15, 0.2) is 41.2 Å². The summed E-state index contributed by atoms with van der Waals surface area (Å²) in [4.78, 5) is 16.4. The molecule has 0 aliphatic rings. The minimum absolute atomic E-state index is 0.0268. The molecule has 0 spiro atoms. The molecular formula is C20H23N6O3+. The number of nitrogens with one attached hydrogen (secondary N) is 1. The van der Waals surface area contributed by atoms with Gasteiger partial charge in [0.1, 0.15) is 23.0 Å². The van der Waals surface area contributed by atoms with Crippen LogP contribution in [0.3, 0.4) is 0 Å². The third kappa shape index (κ3) is 4.95. The van der Waals surface area contributed by atoms with Crippen LogP contribution < -0.4 is 21.2 Å². The summed E-state index contributed by atoms with van der Waals surface area (Å²) in [7, 11) is 0. The highest BCUT2D eigenvalue weighted by molar-refractivity contribution is 6.12. The second kappa shape index (κ2) is 8.51. The number of ether oxygens (including phenoxy) is 1. The third-order valence-electron chi connectivity index (χ3n) is 4.10. The maximum absolute atomic E-state index is 12.2.